The van der Waals surface area contributed by atoms with Crippen molar-refractivity contribution in [3.8, 4) is 5.75 Å². The highest BCUT2D eigenvalue weighted by molar-refractivity contribution is 5.81. The van der Waals surface area contributed by atoms with Gasteiger partial charge in [-0.15, -0.1) is 0 Å². The van der Waals surface area contributed by atoms with Crippen LogP contribution in [-0.4, -0.2) is 36.4 Å². The number of hydrogen-bond donors (Lipinski definition) is 2. The van der Waals surface area contributed by atoms with Crippen molar-refractivity contribution in [2.24, 2.45) is 11.7 Å². The molecule has 1 saturated heterocycles. The first-order chi connectivity index (χ1) is 12.1. The summed E-state index contributed by atoms with van der Waals surface area (Å²) in [5, 5.41) is 3.28. The van der Waals surface area contributed by atoms with Gasteiger partial charge in [-0.05, 0) is 42.8 Å². The van der Waals surface area contributed by atoms with E-state index in [0.29, 0.717) is 25.3 Å². The van der Waals surface area contributed by atoms with Crippen molar-refractivity contribution in [1.82, 2.24) is 4.90 Å². The quantitative estimate of drug-likeness (QED) is 0.844. The normalized spacial score (nSPS) is 16.5. The van der Waals surface area contributed by atoms with Crippen molar-refractivity contribution < 1.29 is 14.3 Å². The van der Waals surface area contributed by atoms with E-state index in [0.717, 1.165) is 11.4 Å². The fraction of sp³-hybridized carbons (Fsp3) is 0.263. The van der Waals surface area contributed by atoms with Gasteiger partial charge in [0.15, 0.2) is 6.61 Å². The van der Waals surface area contributed by atoms with E-state index in [4.69, 9.17) is 10.5 Å². The second-order valence-electron chi connectivity index (χ2n) is 6.03. The van der Waals surface area contributed by atoms with Crippen LogP contribution in [0, 0.1) is 5.92 Å². The maximum Gasteiger partial charge on any atom is 0.260 e. The number of rotatable bonds is 6. The molecule has 0 saturated carbocycles. The zero-order valence-electron chi connectivity index (χ0n) is 13.9. The third-order valence-corrected chi connectivity index (χ3v) is 4.22. The molecule has 2 aromatic carbocycles. The van der Waals surface area contributed by atoms with Crippen molar-refractivity contribution in [2.75, 3.05) is 25.0 Å². The standard InChI is InChI=1S/C19H21N3O3/c20-19(24)14-10-11-22(12-14)18(23)13-25-17-8-6-16(7-9-17)21-15-4-2-1-3-5-15/h1-9,14,21H,10-13H2,(H2,20,24)/t14-/m0/s1. The summed E-state index contributed by atoms with van der Waals surface area (Å²) in [7, 11) is 0. The highest BCUT2D eigenvalue weighted by atomic mass is 16.5. The first kappa shape index (κ1) is 16.8. The van der Waals surface area contributed by atoms with Crippen LogP contribution in [0.1, 0.15) is 6.42 Å². The molecule has 6 nitrogen and oxygen atoms in total. The molecule has 0 unspecified atom stereocenters. The number of benzene rings is 2. The van der Waals surface area contributed by atoms with Gasteiger partial charge in [0.05, 0.1) is 5.92 Å². The van der Waals surface area contributed by atoms with Gasteiger partial charge in [0, 0.05) is 24.5 Å². The molecule has 0 aliphatic carbocycles. The summed E-state index contributed by atoms with van der Waals surface area (Å²) in [5.41, 5.74) is 7.22. The molecule has 1 fully saturated rings. The zero-order chi connectivity index (χ0) is 17.6. The Hall–Kier alpha value is -3.02. The molecular weight excluding hydrogens is 318 g/mol. The third kappa shape index (κ3) is 4.50. The van der Waals surface area contributed by atoms with Crippen molar-refractivity contribution >= 4 is 23.2 Å². The van der Waals surface area contributed by atoms with Gasteiger partial charge in [-0.3, -0.25) is 9.59 Å². The molecule has 0 spiro atoms. The number of carbonyl (C=O) groups excluding carboxylic acids is 2. The van der Waals surface area contributed by atoms with E-state index in [1.54, 1.807) is 4.90 Å². The Kier molecular flexibility index (Phi) is 5.18. The number of primary amides is 1. The molecule has 130 valence electrons. The lowest BCUT2D eigenvalue weighted by Gasteiger charge is -2.16. The number of nitrogens with zero attached hydrogens (tertiary/aromatic N) is 1. The van der Waals surface area contributed by atoms with Crippen LogP contribution in [0.3, 0.4) is 0 Å². The van der Waals surface area contributed by atoms with E-state index in [9.17, 15) is 9.59 Å². The topological polar surface area (TPSA) is 84.7 Å². The Bertz CT molecular complexity index is 731. The number of hydrogen-bond acceptors (Lipinski definition) is 4. The van der Waals surface area contributed by atoms with Gasteiger partial charge < -0.3 is 20.7 Å². The molecule has 25 heavy (non-hydrogen) atoms. The highest BCUT2D eigenvalue weighted by Crippen LogP contribution is 2.20. The second-order valence-corrected chi connectivity index (χ2v) is 6.03. The highest BCUT2D eigenvalue weighted by Gasteiger charge is 2.29. The Balaban J connectivity index is 1.49. The maximum atomic E-state index is 12.1. The fourth-order valence-corrected chi connectivity index (χ4v) is 2.78. The largest absolute Gasteiger partial charge is 0.484 e. The molecule has 1 heterocycles. The molecule has 0 aromatic heterocycles. The van der Waals surface area contributed by atoms with Crippen LogP contribution in [-0.2, 0) is 9.59 Å². The molecule has 1 aliphatic heterocycles. The SMILES string of the molecule is NC(=O)[C@H]1CCN(C(=O)COc2ccc(Nc3ccccc3)cc2)C1. The van der Waals surface area contributed by atoms with Crippen molar-refractivity contribution in [2.45, 2.75) is 6.42 Å². The van der Waals surface area contributed by atoms with Crippen LogP contribution in [0.2, 0.25) is 0 Å². The van der Waals surface area contributed by atoms with Crippen LogP contribution in [0.15, 0.2) is 54.6 Å². The number of anilines is 2. The lowest BCUT2D eigenvalue weighted by molar-refractivity contribution is -0.132. The van der Waals surface area contributed by atoms with Crippen LogP contribution >= 0.6 is 0 Å². The number of nitrogens with one attached hydrogen (secondary N) is 1. The molecule has 1 aliphatic rings. The Morgan fingerprint density at radius 1 is 1.08 bits per heavy atom. The molecule has 6 heteroatoms. The monoisotopic (exact) mass is 339 g/mol. The van der Waals surface area contributed by atoms with Gasteiger partial charge in [0.1, 0.15) is 5.75 Å². The van der Waals surface area contributed by atoms with Gasteiger partial charge in [-0.2, -0.15) is 0 Å². The van der Waals surface area contributed by atoms with Gasteiger partial charge in [-0.1, -0.05) is 18.2 Å². The third-order valence-electron chi connectivity index (χ3n) is 4.22. The number of para-hydroxylation sites is 1. The number of likely N-dealkylation sites (tertiary alicyclic amines) is 1. The van der Waals surface area contributed by atoms with E-state index in [1.165, 1.54) is 0 Å². The van der Waals surface area contributed by atoms with E-state index in [2.05, 4.69) is 5.32 Å². The zero-order valence-corrected chi connectivity index (χ0v) is 13.9. The predicted octanol–water partition coefficient (Wildman–Crippen LogP) is 2.14. The van der Waals surface area contributed by atoms with Gasteiger partial charge >= 0.3 is 0 Å². The fourth-order valence-electron chi connectivity index (χ4n) is 2.78. The average molecular weight is 339 g/mol. The minimum absolute atomic E-state index is 0.0447. The number of ether oxygens (including phenoxy) is 1. The summed E-state index contributed by atoms with van der Waals surface area (Å²) in [6.45, 7) is 0.893. The average Bonchev–Trinajstić information content (AvgIpc) is 3.12. The Morgan fingerprint density at radius 2 is 1.76 bits per heavy atom. The molecule has 3 rings (SSSR count). The first-order valence-electron chi connectivity index (χ1n) is 8.24. The van der Waals surface area contributed by atoms with E-state index >= 15 is 0 Å². The van der Waals surface area contributed by atoms with Crippen LogP contribution in [0.5, 0.6) is 5.75 Å². The summed E-state index contributed by atoms with van der Waals surface area (Å²) in [6.07, 6.45) is 0.626. The minimum Gasteiger partial charge on any atom is -0.484 e. The first-order valence-corrected chi connectivity index (χ1v) is 8.24. The predicted molar refractivity (Wildman–Crippen MR) is 95.5 cm³/mol. The van der Waals surface area contributed by atoms with Crippen LogP contribution < -0.4 is 15.8 Å². The van der Waals surface area contributed by atoms with Gasteiger partial charge in [0.25, 0.3) is 5.91 Å². The summed E-state index contributed by atoms with van der Waals surface area (Å²) in [4.78, 5) is 24.9. The molecular formula is C19H21N3O3. The second kappa shape index (κ2) is 7.70. The van der Waals surface area contributed by atoms with Crippen molar-refractivity contribution in [1.29, 1.82) is 0 Å². The van der Waals surface area contributed by atoms with Gasteiger partial charge in [-0.25, -0.2) is 0 Å². The smallest absolute Gasteiger partial charge is 0.260 e. The molecule has 0 radical (unpaired) electrons. The molecule has 2 amide bonds. The molecule has 2 aromatic rings. The van der Waals surface area contributed by atoms with E-state index in [1.807, 2.05) is 54.6 Å². The maximum absolute atomic E-state index is 12.1. The molecule has 0 bridgehead atoms. The summed E-state index contributed by atoms with van der Waals surface area (Å²) in [5.74, 6) is -0.0992. The van der Waals surface area contributed by atoms with Crippen LogP contribution in [0.25, 0.3) is 0 Å². The number of carbonyl (C=O) groups is 2. The van der Waals surface area contributed by atoms with Crippen molar-refractivity contribution in [3.63, 3.8) is 0 Å². The number of amides is 2. The molecule has 3 N–H and O–H groups in total. The van der Waals surface area contributed by atoms with Crippen molar-refractivity contribution in [3.05, 3.63) is 54.6 Å². The van der Waals surface area contributed by atoms with E-state index in [-0.39, 0.29) is 24.3 Å². The Labute approximate surface area is 146 Å². The minimum atomic E-state index is -0.349. The summed E-state index contributed by atoms with van der Waals surface area (Å²) in [6, 6.07) is 17.3. The van der Waals surface area contributed by atoms with E-state index < -0.39 is 0 Å². The summed E-state index contributed by atoms with van der Waals surface area (Å²) >= 11 is 0. The Morgan fingerprint density at radius 3 is 2.40 bits per heavy atom. The lowest BCUT2D eigenvalue weighted by Crippen LogP contribution is -2.34. The van der Waals surface area contributed by atoms with Gasteiger partial charge in [0.2, 0.25) is 5.91 Å². The summed E-state index contributed by atoms with van der Waals surface area (Å²) < 4.78 is 5.55. The molecule has 1 atom stereocenters. The van der Waals surface area contributed by atoms with Crippen LogP contribution in [0.4, 0.5) is 11.4 Å². The lowest BCUT2D eigenvalue weighted by atomic mass is 10.1. The number of nitrogens with two attached hydrogens (primary N) is 1.